The number of hydrogen-bond acceptors (Lipinski definition) is 3. The SMILES string of the molecule is Cc1ccccc1[C@H]1CC(c2cccc(N(C)C)c2)=NN1C(=S)NCc1ccccc1. The van der Waals surface area contributed by atoms with Crippen LogP contribution in [0.1, 0.15) is 34.7 Å². The smallest absolute Gasteiger partial charge is 0.190 e. The first kappa shape index (κ1) is 21.1. The van der Waals surface area contributed by atoms with Gasteiger partial charge in [0.05, 0.1) is 11.8 Å². The van der Waals surface area contributed by atoms with E-state index < -0.39 is 0 Å². The molecule has 0 saturated carbocycles. The average molecular weight is 429 g/mol. The molecular weight excluding hydrogens is 400 g/mol. The Balaban J connectivity index is 1.63. The van der Waals surface area contributed by atoms with Crippen molar-refractivity contribution in [2.75, 3.05) is 19.0 Å². The van der Waals surface area contributed by atoms with Gasteiger partial charge < -0.3 is 10.2 Å². The number of hydrogen-bond donors (Lipinski definition) is 1. The lowest BCUT2D eigenvalue weighted by Crippen LogP contribution is -2.36. The second kappa shape index (κ2) is 9.31. The van der Waals surface area contributed by atoms with Crippen LogP contribution in [0, 0.1) is 6.92 Å². The van der Waals surface area contributed by atoms with Crippen LogP contribution < -0.4 is 10.2 Å². The molecular formula is C26H28N4S. The van der Waals surface area contributed by atoms with Gasteiger partial charge in [0.15, 0.2) is 5.11 Å². The van der Waals surface area contributed by atoms with Crippen molar-refractivity contribution in [3.8, 4) is 0 Å². The molecule has 3 aromatic carbocycles. The van der Waals surface area contributed by atoms with Gasteiger partial charge in [-0.3, -0.25) is 0 Å². The minimum atomic E-state index is 0.0787. The van der Waals surface area contributed by atoms with Gasteiger partial charge in [-0.2, -0.15) is 5.10 Å². The van der Waals surface area contributed by atoms with E-state index in [4.69, 9.17) is 17.3 Å². The van der Waals surface area contributed by atoms with Gasteiger partial charge in [-0.15, -0.1) is 0 Å². The number of nitrogens with one attached hydrogen (secondary N) is 1. The summed E-state index contributed by atoms with van der Waals surface area (Å²) in [6, 6.07) is 27.4. The Hall–Kier alpha value is -3.18. The highest BCUT2D eigenvalue weighted by atomic mass is 32.1. The highest BCUT2D eigenvalue weighted by Gasteiger charge is 2.32. The summed E-state index contributed by atoms with van der Waals surface area (Å²) in [4.78, 5) is 2.11. The Bertz CT molecular complexity index is 1090. The maximum Gasteiger partial charge on any atom is 0.190 e. The molecule has 0 unspecified atom stereocenters. The summed E-state index contributed by atoms with van der Waals surface area (Å²) in [5, 5.41) is 11.0. The second-order valence-electron chi connectivity index (χ2n) is 8.06. The molecule has 0 spiro atoms. The van der Waals surface area contributed by atoms with E-state index in [1.165, 1.54) is 16.7 Å². The Morgan fingerprint density at radius 2 is 1.77 bits per heavy atom. The van der Waals surface area contributed by atoms with Crippen LogP contribution in [-0.4, -0.2) is 29.9 Å². The van der Waals surface area contributed by atoms with Crippen LogP contribution in [0.25, 0.3) is 0 Å². The summed E-state index contributed by atoms with van der Waals surface area (Å²) < 4.78 is 0. The summed E-state index contributed by atoms with van der Waals surface area (Å²) in [6.45, 7) is 2.83. The molecule has 0 bridgehead atoms. The number of nitrogens with zero attached hydrogens (tertiary/aromatic N) is 3. The normalized spacial score (nSPS) is 15.5. The highest BCUT2D eigenvalue weighted by Crippen LogP contribution is 2.35. The van der Waals surface area contributed by atoms with Gasteiger partial charge >= 0.3 is 0 Å². The van der Waals surface area contributed by atoms with Crippen LogP contribution in [0.5, 0.6) is 0 Å². The van der Waals surface area contributed by atoms with Crippen molar-refractivity contribution in [2.45, 2.75) is 25.9 Å². The van der Waals surface area contributed by atoms with Crippen molar-refractivity contribution in [2.24, 2.45) is 5.10 Å². The first-order valence-corrected chi connectivity index (χ1v) is 11.0. The van der Waals surface area contributed by atoms with E-state index in [9.17, 15) is 0 Å². The van der Waals surface area contributed by atoms with Crippen LogP contribution in [0.4, 0.5) is 5.69 Å². The maximum atomic E-state index is 5.80. The van der Waals surface area contributed by atoms with Crippen LogP contribution in [0.3, 0.4) is 0 Å². The fourth-order valence-corrected chi connectivity index (χ4v) is 4.13. The molecule has 1 heterocycles. The van der Waals surface area contributed by atoms with E-state index >= 15 is 0 Å². The minimum absolute atomic E-state index is 0.0787. The highest BCUT2D eigenvalue weighted by molar-refractivity contribution is 7.80. The first-order chi connectivity index (χ1) is 15.0. The Morgan fingerprint density at radius 3 is 2.52 bits per heavy atom. The maximum absolute atomic E-state index is 5.80. The third-order valence-corrected chi connectivity index (χ3v) is 5.98. The Kier molecular flexibility index (Phi) is 6.33. The topological polar surface area (TPSA) is 30.9 Å². The minimum Gasteiger partial charge on any atom is -0.378 e. The molecule has 4 nitrogen and oxygen atoms in total. The van der Waals surface area contributed by atoms with Crippen LogP contribution in [-0.2, 0) is 6.54 Å². The summed E-state index contributed by atoms with van der Waals surface area (Å²) in [5.41, 5.74) is 7.06. The van der Waals surface area contributed by atoms with Gasteiger partial charge in [0.25, 0.3) is 0 Å². The van der Waals surface area contributed by atoms with Crippen molar-refractivity contribution in [1.29, 1.82) is 0 Å². The third-order valence-electron chi connectivity index (χ3n) is 5.65. The number of thiocarbonyl (C=S) groups is 1. The average Bonchev–Trinajstić information content (AvgIpc) is 3.24. The number of hydrazone groups is 1. The molecule has 0 aromatic heterocycles. The zero-order valence-corrected chi connectivity index (χ0v) is 19.1. The third kappa shape index (κ3) is 4.78. The monoisotopic (exact) mass is 428 g/mol. The fraction of sp³-hybridized carbons (Fsp3) is 0.231. The zero-order valence-electron chi connectivity index (χ0n) is 18.2. The van der Waals surface area contributed by atoms with E-state index in [1.807, 2.05) is 23.2 Å². The molecule has 158 valence electrons. The molecule has 31 heavy (non-hydrogen) atoms. The van der Waals surface area contributed by atoms with E-state index in [1.54, 1.807) is 0 Å². The lowest BCUT2D eigenvalue weighted by atomic mass is 9.95. The van der Waals surface area contributed by atoms with Crippen LogP contribution in [0.15, 0.2) is 84.0 Å². The van der Waals surface area contributed by atoms with Gasteiger partial charge in [-0.05, 0) is 53.5 Å². The van der Waals surface area contributed by atoms with Gasteiger partial charge in [0, 0.05) is 32.7 Å². The van der Waals surface area contributed by atoms with Gasteiger partial charge in [0.2, 0.25) is 0 Å². The lowest BCUT2D eigenvalue weighted by molar-refractivity contribution is 0.362. The summed E-state index contributed by atoms with van der Waals surface area (Å²) in [6.07, 6.45) is 0.814. The zero-order chi connectivity index (χ0) is 21.8. The van der Waals surface area contributed by atoms with Crippen LogP contribution >= 0.6 is 12.2 Å². The molecule has 0 fully saturated rings. The van der Waals surface area contributed by atoms with Crippen molar-refractivity contribution in [1.82, 2.24) is 10.3 Å². The number of aryl methyl sites for hydroxylation is 1. The quantitative estimate of drug-likeness (QED) is 0.560. The molecule has 0 aliphatic carbocycles. The van der Waals surface area contributed by atoms with Crippen molar-refractivity contribution < 1.29 is 0 Å². The number of rotatable bonds is 5. The number of anilines is 1. The lowest BCUT2D eigenvalue weighted by Gasteiger charge is -2.26. The van der Waals surface area contributed by atoms with Crippen molar-refractivity contribution >= 4 is 28.7 Å². The molecule has 4 rings (SSSR count). The number of benzene rings is 3. The van der Waals surface area contributed by atoms with E-state index in [0.29, 0.717) is 11.7 Å². The van der Waals surface area contributed by atoms with E-state index in [0.717, 1.165) is 23.4 Å². The molecule has 1 aliphatic rings. The van der Waals surface area contributed by atoms with Crippen molar-refractivity contribution in [3.63, 3.8) is 0 Å². The summed E-state index contributed by atoms with van der Waals surface area (Å²) in [7, 11) is 4.11. The molecule has 1 N–H and O–H groups in total. The van der Waals surface area contributed by atoms with E-state index in [-0.39, 0.29) is 6.04 Å². The molecule has 1 aliphatic heterocycles. The summed E-state index contributed by atoms with van der Waals surface area (Å²) >= 11 is 5.80. The second-order valence-corrected chi connectivity index (χ2v) is 8.44. The molecule has 0 saturated heterocycles. The molecule has 3 aromatic rings. The van der Waals surface area contributed by atoms with Gasteiger partial charge in [-0.1, -0.05) is 66.7 Å². The van der Waals surface area contributed by atoms with Gasteiger partial charge in [-0.25, -0.2) is 5.01 Å². The van der Waals surface area contributed by atoms with Crippen LogP contribution in [0.2, 0.25) is 0 Å². The first-order valence-electron chi connectivity index (χ1n) is 10.5. The molecule has 0 amide bonds. The predicted octanol–water partition coefficient (Wildman–Crippen LogP) is 5.29. The molecule has 5 heteroatoms. The largest absolute Gasteiger partial charge is 0.378 e. The fourth-order valence-electron chi connectivity index (χ4n) is 3.89. The molecule has 0 radical (unpaired) electrons. The summed E-state index contributed by atoms with van der Waals surface area (Å²) in [5.74, 6) is 0. The van der Waals surface area contributed by atoms with E-state index in [2.05, 4.69) is 91.9 Å². The Morgan fingerprint density at radius 1 is 1.03 bits per heavy atom. The van der Waals surface area contributed by atoms with Gasteiger partial charge in [0.1, 0.15) is 0 Å². The standard InChI is InChI=1S/C26H28N4S/c1-19-10-7-8-15-23(19)25-17-24(21-13-9-14-22(16-21)29(2)3)28-30(25)26(31)27-18-20-11-5-4-6-12-20/h4-16,25H,17-18H2,1-3H3,(H,27,31)/t25-/m1/s1. The Labute approximate surface area is 190 Å². The van der Waals surface area contributed by atoms with Crippen molar-refractivity contribution in [3.05, 3.63) is 101 Å². The molecule has 1 atom stereocenters. The predicted molar refractivity (Wildman–Crippen MR) is 134 cm³/mol.